The van der Waals surface area contributed by atoms with Crippen molar-refractivity contribution in [2.75, 3.05) is 13.1 Å². The predicted molar refractivity (Wildman–Crippen MR) is 126 cm³/mol. The molecule has 0 saturated carbocycles. The van der Waals surface area contributed by atoms with E-state index in [1.165, 1.54) is 43.5 Å². The number of hydrogen-bond donors (Lipinski definition) is 1. The lowest BCUT2D eigenvalue weighted by molar-refractivity contribution is 0.0951. The highest BCUT2D eigenvalue weighted by molar-refractivity contribution is 6.36. The quantitative estimate of drug-likeness (QED) is 0.594. The molecule has 3 aromatic rings. The number of rotatable bonds is 5. The molecule has 2 aromatic carbocycles. The normalized spacial score (nSPS) is 16.4. The fourth-order valence-corrected chi connectivity index (χ4v) is 5.12. The molecular formula is C26H28ClN3O. The number of carbonyl (C=O) groups is 1. The van der Waals surface area contributed by atoms with Crippen LogP contribution >= 0.6 is 11.6 Å². The first kappa shape index (κ1) is 20.5. The van der Waals surface area contributed by atoms with Gasteiger partial charge in [0.25, 0.3) is 5.91 Å². The van der Waals surface area contributed by atoms with Crippen LogP contribution in [-0.4, -0.2) is 28.9 Å². The summed E-state index contributed by atoms with van der Waals surface area (Å²) in [6.07, 6.45) is 6.90. The molecule has 0 bridgehead atoms. The third-order valence-corrected chi connectivity index (χ3v) is 6.97. The molecule has 160 valence electrons. The molecule has 31 heavy (non-hydrogen) atoms. The van der Waals surface area contributed by atoms with Crippen molar-refractivity contribution in [3.8, 4) is 0 Å². The number of likely N-dealkylation sites (tertiary alicyclic amines) is 1. The zero-order valence-corrected chi connectivity index (χ0v) is 18.5. The number of nitrogens with one attached hydrogen (secondary N) is 1. The van der Waals surface area contributed by atoms with Gasteiger partial charge in [0.05, 0.1) is 10.5 Å². The molecular weight excluding hydrogens is 406 g/mol. The third kappa shape index (κ3) is 4.46. The standard InChI is InChI=1S/C26H28ClN3O/c27-25-21-5-1-2-6-23(21)29-24-15-20(11-12-22(24)25)26(31)28-16-18-7-9-19(10-8-18)17-30-13-3-4-14-30/h7-12,15H,1-6,13-14,16-17H2,(H,28,31). The maximum atomic E-state index is 12.8. The van der Waals surface area contributed by atoms with Crippen molar-refractivity contribution < 1.29 is 4.79 Å². The van der Waals surface area contributed by atoms with Crippen LogP contribution in [0.1, 0.15) is 58.4 Å². The highest BCUT2D eigenvalue weighted by Gasteiger charge is 2.18. The minimum atomic E-state index is -0.0845. The fraction of sp³-hybridized carbons (Fsp3) is 0.385. The highest BCUT2D eigenvalue weighted by Crippen LogP contribution is 2.33. The average molecular weight is 434 g/mol. The first-order valence-electron chi connectivity index (χ1n) is 11.4. The maximum Gasteiger partial charge on any atom is 0.251 e. The maximum absolute atomic E-state index is 12.8. The van der Waals surface area contributed by atoms with Crippen molar-refractivity contribution in [3.05, 3.63) is 75.4 Å². The Morgan fingerprint density at radius 3 is 2.52 bits per heavy atom. The molecule has 0 unspecified atom stereocenters. The van der Waals surface area contributed by atoms with E-state index in [-0.39, 0.29) is 5.91 Å². The smallest absolute Gasteiger partial charge is 0.251 e. The highest BCUT2D eigenvalue weighted by atomic mass is 35.5. The summed E-state index contributed by atoms with van der Waals surface area (Å²) in [7, 11) is 0. The lowest BCUT2D eigenvalue weighted by atomic mass is 9.94. The van der Waals surface area contributed by atoms with Crippen LogP contribution in [0.3, 0.4) is 0 Å². The molecule has 5 rings (SSSR count). The van der Waals surface area contributed by atoms with E-state index in [4.69, 9.17) is 16.6 Å². The fourth-order valence-electron chi connectivity index (χ4n) is 4.75. The summed E-state index contributed by atoms with van der Waals surface area (Å²) in [5.41, 5.74) is 6.15. The van der Waals surface area contributed by atoms with Gasteiger partial charge in [-0.05, 0) is 80.4 Å². The van der Waals surface area contributed by atoms with E-state index in [1.54, 1.807) is 0 Å². The number of aryl methyl sites for hydroxylation is 1. The largest absolute Gasteiger partial charge is 0.348 e. The van der Waals surface area contributed by atoms with Gasteiger partial charge >= 0.3 is 0 Å². The van der Waals surface area contributed by atoms with Gasteiger partial charge in [0.15, 0.2) is 0 Å². The summed E-state index contributed by atoms with van der Waals surface area (Å²) in [5.74, 6) is -0.0845. The molecule has 0 radical (unpaired) electrons. The lowest BCUT2D eigenvalue weighted by Crippen LogP contribution is -2.23. The number of amides is 1. The Labute approximate surface area is 188 Å². The minimum Gasteiger partial charge on any atom is -0.348 e. The Hall–Kier alpha value is -2.43. The number of nitrogens with zero attached hydrogens (tertiary/aromatic N) is 2. The van der Waals surface area contributed by atoms with Gasteiger partial charge in [-0.2, -0.15) is 0 Å². The number of carbonyl (C=O) groups excluding carboxylic acids is 1. The lowest BCUT2D eigenvalue weighted by Gasteiger charge is -2.18. The van der Waals surface area contributed by atoms with E-state index < -0.39 is 0 Å². The van der Waals surface area contributed by atoms with Crippen LogP contribution in [0.2, 0.25) is 5.02 Å². The monoisotopic (exact) mass is 433 g/mol. The second-order valence-corrected chi connectivity index (χ2v) is 9.15. The van der Waals surface area contributed by atoms with E-state index in [0.717, 1.165) is 53.0 Å². The van der Waals surface area contributed by atoms with Crippen molar-refractivity contribution in [1.29, 1.82) is 0 Å². The number of hydrogen-bond acceptors (Lipinski definition) is 3. The zero-order chi connectivity index (χ0) is 21.2. The van der Waals surface area contributed by atoms with Crippen molar-refractivity contribution >= 4 is 28.4 Å². The zero-order valence-electron chi connectivity index (χ0n) is 17.8. The first-order chi connectivity index (χ1) is 15.2. The van der Waals surface area contributed by atoms with Crippen molar-refractivity contribution in [2.24, 2.45) is 0 Å². The van der Waals surface area contributed by atoms with Crippen LogP contribution in [0.25, 0.3) is 10.9 Å². The Bertz CT molecular complexity index is 1100. The van der Waals surface area contributed by atoms with E-state index in [9.17, 15) is 4.79 Å². The third-order valence-electron chi connectivity index (χ3n) is 6.54. The van der Waals surface area contributed by atoms with Gasteiger partial charge in [0.2, 0.25) is 0 Å². The Morgan fingerprint density at radius 2 is 1.71 bits per heavy atom. The van der Waals surface area contributed by atoms with Gasteiger partial charge in [0.1, 0.15) is 0 Å². The van der Waals surface area contributed by atoms with Crippen LogP contribution < -0.4 is 5.32 Å². The van der Waals surface area contributed by atoms with Gasteiger partial charge in [0, 0.05) is 29.7 Å². The van der Waals surface area contributed by atoms with Crippen LogP contribution in [-0.2, 0) is 25.9 Å². The van der Waals surface area contributed by atoms with Gasteiger partial charge < -0.3 is 5.32 Å². The molecule has 4 nitrogen and oxygen atoms in total. The molecule has 1 saturated heterocycles. The van der Waals surface area contributed by atoms with Crippen molar-refractivity contribution in [3.63, 3.8) is 0 Å². The summed E-state index contributed by atoms with van der Waals surface area (Å²) >= 11 is 6.66. The summed E-state index contributed by atoms with van der Waals surface area (Å²) in [6, 6.07) is 14.2. The number of pyridine rings is 1. The summed E-state index contributed by atoms with van der Waals surface area (Å²) < 4.78 is 0. The second-order valence-electron chi connectivity index (χ2n) is 8.77. The molecule has 2 aliphatic rings. The first-order valence-corrected chi connectivity index (χ1v) is 11.7. The Morgan fingerprint density at radius 1 is 0.968 bits per heavy atom. The van der Waals surface area contributed by atoms with Crippen LogP contribution in [0.15, 0.2) is 42.5 Å². The predicted octanol–water partition coefficient (Wildman–Crippen LogP) is 5.29. The van der Waals surface area contributed by atoms with E-state index in [1.807, 2.05) is 18.2 Å². The van der Waals surface area contributed by atoms with Crippen LogP contribution in [0.4, 0.5) is 0 Å². The summed E-state index contributed by atoms with van der Waals surface area (Å²) in [5, 5.41) is 4.78. The van der Waals surface area contributed by atoms with E-state index in [0.29, 0.717) is 12.1 Å². The second kappa shape index (κ2) is 8.97. The number of aromatic nitrogens is 1. The summed E-state index contributed by atoms with van der Waals surface area (Å²) in [4.78, 5) is 20.1. The summed E-state index contributed by atoms with van der Waals surface area (Å²) in [6.45, 7) is 3.93. The molecule has 1 N–H and O–H groups in total. The van der Waals surface area contributed by atoms with Crippen molar-refractivity contribution in [1.82, 2.24) is 15.2 Å². The molecule has 0 atom stereocenters. The minimum absolute atomic E-state index is 0.0845. The molecule has 1 aliphatic heterocycles. The van der Waals surface area contributed by atoms with Crippen LogP contribution in [0.5, 0.6) is 0 Å². The average Bonchev–Trinajstić information content (AvgIpc) is 3.31. The molecule has 1 aliphatic carbocycles. The molecule has 1 fully saturated rings. The number of fused-ring (bicyclic) bond motifs is 2. The molecule has 0 spiro atoms. The van der Waals surface area contributed by atoms with Gasteiger partial charge in [-0.25, -0.2) is 0 Å². The van der Waals surface area contributed by atoms with Gasteiger partial charge in [-0.3, -0.25) is 14.7 Å². The Kier molecular flexibility index (Phi) is 5.93. The number of benzene rings is 2. The van der Waals surface area contributed by atoms with Crippen molar-refractivity contribution in [2.45, 2.75) is 51.6 Å². The topological polar surface area (TPSA) is 45.2 Å². The van der Waals surface area contributed by atoms with Gasteiger partial charge in [-0.1, -0.05) is 41.9 Å². The van der Waals surface area contributed by atoms with E-state index in [2.05, 4.69) is 34.5 Å². The molecule has 5 heteroatoms. The number of halogens is 1. The van der Waals surface area contributed by atoms with Gasteiger partial charge in [-0.15, -0.1) is 0 Å². The SMILES string of the molecule is O=C(NCc1ccc(CN2CCCC2)cc1)c1ccc2c(Cl)c3c(nc2c1)CCCC3. The Balaban J connectivity index is 1.25. The molecule has 2 heterocycles. The molecule has 1 amide bonds. The van der Waals surface area contributed by atoms with Crippen LogP contribution in [0, 0.1) is 0 Å². The molecule has 1 aromatic heterocycles. The van der Waals surface area contributed by atoms with E-state index >= 15 is 0 Å².